The molecule has 3 heterocycles. The summed E-state index contributed by atoms with van der Waals surface area (Å²) < 4.78 is 1.89. The Balaban J connectivity index is 1.75. The van der Waals surface area contributed by atoms with Crippen molar-refractivity contribution in [3.8, 4) is 0 Å². The summed E-state index contributed by atoms with van der Waals surface area (Å²) >= 11 is 6.58. The first-order chi connectivity index (χ1) is 15.0. The predicted molar refractivity (Wildman–Crippen MR) is 127 cm³/mol. The lowest BCUT2D eigenvalue weighted by molar-refractivity contribution is -0.122. The summed E-state index contributed by atoms with van der Waals surface area (Å²) in [4.78, 5) is 32.7. The van der Waals surface area contributed by atoms with Crippen molar-refractivity contribution >= 4 is 51.7 Å². The minimum atomic E-state index is -0.303. The molecule has 1 amide bonds. The highest BCUT2D eigenvalue weighted by molar-refractivity contribution is 8.26. The molecule has 1 saturated heterocycles. The number of thiocarbonyl (C=S) groups is 1. The maximum absolute atomic E-state index is 13.2. The number of carbonyl (C=O) groups is 1. The number of benzene rings is 1. The molecule has 1 aliphatic rings. The standard InChI is InChI=1S/C22H20N4O3S2/c1-14-7-8-18-24-19(23-9-10-27)16(20(28)25(18)12-14)11-17-21(29)26(22(30)31-17)13-15-5-3-2-4-6-15/h2-8,11-12,23,27H,9-10,13H2,1H3/b17-11+. The number of anilines is 1. The molecule has 9 heteroatoms. The van der Waals surface area contributed by atoms with Gasteiger partial charge in [-0.05, 0) is 30.2 Å². The van der Waals surface area contributed by atoms with Crippen molar-refractivity contribution in [2.75, 3.05) is 18.5 Å². The van der Waals surface area contributed by atoms with Crippen LogP contribution in [-0.2, 0) is 11.3 Å². The van der Waals surface area contributed by atoms with Crippen molar-refractivity contribution in [3.05, 3.63) is 80.6 Å². The number of hydrogen-bond donors (Lipinski definition) is 2. The fourth-order valence-corrected chi connectivity index (χ4v) is 4.47. The second kappa shape index (κ2) is 9.01. The highest BCUT2D eigenvalue weighted by Gasteiger charge is 2.32. The minimum absolute atomic E-state index is 0.117. The number of aryl methyl sites for hydroxylation is 1. The topological polar surface area (TPSA) is 86.9 Å². The molecule has 0 unspecified atom stereocenters. The first-order valence-electron chi connectivity index (χ1n) is 9.65. The number of rotatable bonds is 6. The zero-order valence-electron chi connectivity index (χ0n) is 16.7. The number of aromatic nitrogens is 2. The van der Waals surface area contributed by atoms with Crippen LogP contribution < -0.4 is 10.9 Å². The summed E-state index contributed by atoms with van der Waals surface area (Å²) in [5.41, 5.74) is 2.30. The van der Waals surface area contributed by atoms with E-state index < -0.39 is 0 Å². The van der Waals surface area contributed by atoms with Gasteiger partial charge in [-0.25, -0.2) is 4.98 Å². The van der Waals surface area contributed by atoms with Crippen LogP contribution in [0.1, 0.15) is 16.7 Å². The molecule has 31 heavy (non-hydrogen) atoms. The summed E-state index contributed by atoms with van der Waals surface area (Å²) in [6, 6.07) is 13.2. The van der Waals surface area contributed by atoms with E-state index in [1.54, 1.807) is 12.3 Å². The monoisotopic (exact) mass is 452 g/mol. The van der Waals surface area contributed by atoms with Gasteiger partial charge < -0.3 is 10.4 Å². The minimum Gasteiger partial charge on any atom is -0.395 e. The summed E-state index contributed by atoms with van der Waals surface area (Å²) in [5.74, 6) is 0.0666. The Morgan fingerprint density at radius 3 is 2.71 bits per heavy atom. The zero-order valence-corrected chi connectivity index (χ0v) is 18.4. The van der Waals surface area contributed by atoms with E-state index in [1.165, 1.54) is 15.4 Å². The molecule has 0 bridgehead atoms. The highest BCUT2D eigenvalue weighted by atomic mass is 32.2. The third-order valence-electron chi connectivity index (χ3n) is 4.74. The van der Waals surface area contributed by atoms with Gasteiger partial charge in [0, 0.05) is 12.7 Å². The summed E-state index contributed by atoms with van der Waals surface area (Å²) in [6.45, 7) is 2.36. The zero-order chi connectivity index (χ0) is 22.0. The van der Waals surface area contributed by atoms with Gasteiger partial charge in [0.1, 0.15) is 15.8 Å². The summed E-state index contributed by atoms with van der Waals surface area (Å²) in [6.07, 6.45) is 3.24. The Kier molecular flexibility index (Phi) is 6.17. The maximum atomic E-state index is 13.2. The lowest BCUT2D eigenvalue weighted by Gasteiger charge is -2.14. The van der Waals surface area contributed by atoms with Gasteiger partial charge in [-0.1, -0.05) is 60.4 Å². The number of thioether (sulfide) groups is 1. The summed E-state index contributed by atoms with van der Waals surface area (Å²) in [7, 11) is 0. The van der Waals surface area contributed by atoms with E-state index in [0.717, 1.165) is 22.9 Å². The van der Waals surface area contributed by atoms with Crippen LogP contribution in [0.5, 0.6) is 0 Å². The molecule has 4 rings (SSSR count). The van der Waals surface area contributed by atoms with Crippen molar-refractivity contribution in [2.24, 2.45) is 0 Å². The van der Waals surface area contributed by atoms with Gasteiger partial charge >= 0.3 is 0 Å². The normalized spacial score (nSPS) is 15.3. The molecule has 0 aliphatic carbocycles. The fourth-order valence-electron chi connectivity index (χ4n) is 3.23. The second-order valence-electron chi connectivity index (χ2n) is 7.02. The molecular formula is C22H20N4O3S2. The van der Waals surface area contributed by atoms with Crippen LogP contribution in [0.15, 0.2) is 58.4 Å². The van der Waals surface area contributed by atoms with Crippen LogP contribution in [0.3, 0.4) is 0 Å². The number of fused-ring (bicyclic) bond motifs is 1. The van der Waals surface area contributed by atoms with E-state index in [4.69, 9.17) is 12.2 Å². The van der Waals surface area contributed by atoms with Crippen molar-refractivity contribution in [3.63, 3.8) is 0 Å². The number of carbonyl (C=O) groups excluding carboxylic acids is 1. The van der Waals surface area contributed by atoms with Gasteiger partial charge in [0.2, 0.25) is 0 Å². The molecule has 158 valence electrons. The highest BCUT2D eigenvalue weighted by Crippen LogP contribution is 2.34. The largest absolute Gasteiger partial charge is 0.395 e. The van der Waals surface area contributed by atoms with Crippen LogP contribution in [0, 0.1) is 6.92 Å². The summed E-state index contributed by atoms with van der Waals surface area (Å²) in [5, 5.41) is 12.2. The molecule has 7 nitrogen and oxygen atoms in total. The smallest absolute Gasteiger partial charge is 0.267 e. The van der Waals surface area contributed by atoms with E-state index in [-0.39, 0.29) is 30.2 Å². The Bertz CT molecular complexity index is 1250. The molecular weight excluding hydrogens is 432 g/mol. The lowest BCUT2D eigenvalue weighted by atomic mass is 10.2. The van der Waals surface area contributed by atoms with Crippen LogP contribution in [0.25, 0.3) is 11.7 Å². The first kappa shape index (κ1) is 21.2. The number of nitrogens with one attached hydrogen (secondary N) is 1. The average Bonchev–Trinajstić information content (AvgIpc) is 3.03. The first-order valence-corrected chi connectivity index (χ1v) is 10.9. The van der Waals surface area contributed by atoms with Crippen molar-refractivity contribution < 1.29 is 9.90 Å². The molecule has 0 saturated carbocycles. The average molecular weight is 453 g/mol. The molecule has 0 atom stereocenters. The Morgan fingerprint density at radius 2 is 1.97 bits per heavy atom. The van der Waals surface area contributed by atoms with E-state index in [2.05, 4.69) is 10.3 Å². The van der Waals surface area contributed by atoms with Crippen molar-refractivity contribution in [2.45, 2.75) is 13.5 Å². The lowest BCUT2D eigenvalue weighted by Crippen LogP contribution is -2.27. The Morgan fingerprint density at radius 1 is 1.19 bits per heavy atom. The number of amides is 1. The van der Waals surface area contributed by atoms with Gasteiger partial charge in [0.25, 0.3) is 11.5 Å². The van der Waals surface area contributed by atoms with E-state index in [9.17, 15) is 14.7 Å². The van der Waals surface area contributed by atoms with Crippen LogP contribution in [0.2, 0.25) is 0 Å². The molecule has 2 N–H and O–H groups in total. The van der Waals surface area contributed by atoms with E-state index in [1.807, 2.05) is 43.3 Å². The van der Waals surface area contributed by atoms with Crippen molar-refractivity contribution in [1.82, 2.24) is 14.3 Å². The molecule has 0 radical (unpaired) electrons. The third-order valence-corrected chi connectivity index (χ3v) is 6.12. The van der Waals surface area contributed by atoms with Gasteiger partial charge in [0.15, 0.2) is 0 Å². The van der Waals surface area contributed by atoms with Crippen molar-refractivity contribution in [1.29, 1.82) is 0 Å². The molecule has 0 spiro atoms. The quantitative estimate of drug-likeness (QED) is 0.439. The molecule has 2 aromatic heterocycles. The molecule has 1 aromatic carbocycles. The van der Waals surface area contributed by atoms with E-state index in [0.29, 0.717) is 27.2 Å². The fraction of sp³-hybridized carbons (Fsp3) is 0.182. The number of hydrogen-bond acceptors (Lipinski definition) is 7. The number of nitrogens with zero attached hydrogens (tertiary/aromatic N) is 3. The number of aliphatic hydroxyl groups excluding tert-OH is 1. The molecule has 3 aromatic rings. The third kappa shape index (κ3) is 4.39. The Labute approximate surface area is 188 Å². The van der Waals surface area contributed by atoms with Gasteiger partial charge in [-0.15, -0.1) is 0 Å². The van der Waals surface area contributed by atoms with Gasteiger partial charge in [0.05, 0.1) is 23.6 Å². The Hall–Kier alpha value is -3.01. The molecule has 1 fully saturated rings. The van der Waals surface area contributed by atoms with Gasteiger partial charge in [-0.3, -0.25) is 18.9 Å². The SMILES string of the molecule is Cc1ccc2nc(NCCO)c(/C=C3/SC(=S)N(Cc4ccccc4)C3=O)c(=O)n2c1. The maximum Gasteiger partial charge on any atom is 0.267 e. The number of aliphatic hydroxyl groups is 1. The van der Waals surface area contributed by atoms with Crippen LogP contribution in [-0.4, -0.2) is 42.8 Å². The predicted octanol–water partition coefficient (Wildman–Crippen LogP) is 2.81. The number of pyridine rings is 1. The van der Waals surface area contributed by atoms with E-state index >= 15 is 0 Å². The second-order valence-corrected chi connectivity index (χ2v) is 8.69. The molecule has 1 aliphatic heterocycles. The van der Waals surface area contributed by atoms with Crippen LogP contribution in [0.4, 0.5) is 5.82 Å². The van der Waals surface area contributed by atoms with Crippen LogP contribution >= 0.6 is 24.0 Å². The van der Waals surface area contributed by atoms with Gasteiger partial charge in [-0.2, -0.15) is 0 Å².